The van der Waals surface area contributed by atoms with Crippen LogP contribution in [0.1, 0.15) is 73.9 Å². The van der Waals surface area contributed by atoms with E-state index < -0.39 is 0 Å². The molecule has 0 atom stereocenters. The molecule has 0 aliphatic heterocycles. The second-order valence-corrected chi connectivity index (χ2v) is 5.21. The first-order valence-electron chi connectivity index (χ1n) is 7.52. The van der Waals surface area contributed by atoms with Crippen molar-refractivity contribution < 1.29 is 9.90 Å². The molecule has 0 aromatic heterocycles. The van der Waals surface area contributed by atoms with Crippen molar-refractivity contribution in [3.8, 4) is 5.75 Å². The van der Waals surface area contributed by atoms with Gasteiger partial charge in [-0.1, -0.05) is 39.5 Å². The smallest absolute Gasteiger partial charge is 0.150 e. The third-order valence-corrected chi connectivity index (χ3v) is 3.55. The Hall–Kier alpha value is -1.31. The van der Waals surface area contributed by atoms with Crippen LogP contribution in [-0.2, 0) is 12.8 Å². The van der Waals surface area contributed by atoms with Crippen molar-refractivity contribution in [2.45, 2.75) is 65.2 Å². The van der Waals surface area contributed by atoms with Crippen LogP contribution < -0.4 is 0 Å². The molecule has 0 spiro atoms. The fraction of sp³-hybridized carbons (Fsp3) is 0.588. The fourth-order valence-electron chi connectivity index (χ4n) is 2.46. The Labute approximate surface area is 116 Å². The molecule has 0 amide bonds. The summed E-state index contributed by atoms with van der Waals surface area (Å²) in [4.78, 5) is 11.3. The Morgan fingerprint density at radius 2 is 1.42 bits per heavy atom. The van der Waals surface area contributed by atoms with Gasteiger partial charge >= 0.3 is 0 Å². The normalized spacial score (nSPS) is 10.6. The topological polar surface area (TPSA) is 37.3 Å². The maximum atomic E-state index is 11.3. The van der Waals surface area contributed by atoms with Gasteiger partial charge in [0.05, 0.1) is 0 Å². The lowest BCUT2D eigenvalue weighted by Gasteiger charge is -2.11. The summed E-state index contributed by atoms with van der Waals surface area (Å²) in [6.45, 7) is 4.33. The van der Waals surface area contributed by atoms with Crippen molar-refractivity contribution >= 4 is 6.29 Å². The largest absolute Gasteiger partial charge is 0.508 e. The van der Waals surface area contributed by atoms with E-state index in [2.05, 4.69) is 13.8 Å². The number of benzene rings is 1. The number of phenols is 1. The summed E-state index contributed by atoms with van der Waals surface area (Å²) in [5, 5.41) is 9.81. The zero-order valence-electron chi connectivity index (χ0n) is 12.2. The van der Waals surface area contributed by atoms with E-state index in [0.717, 1.165) is 48.7 Å². The molecule has 1 N–H and O–H groups in total. The van der Waals surface area contributed by atoms with Crippen LogP contribution >= 0.6 is 0 Å². The number of aldehydes is 1. The van der Waals surface area contributed by atoms with Crippen LogP contribution in [0, 0.1) is 0 Å². The minimum absolute atomic E-state index is 0.295. The standard InChI is InChI=1S/C17H26O2/c1-3-5-7-9-14-11-16(19)12-15(17(14)13-18)10-8-6-4-2/h11-13,19H,3-10H2,1-2H3. The van der Waals surface area contributed by atoms with Gasteiger partial charge in [-0.25, -0.2) is 0 Å². The van der Waals surface area contributed by atoms with Gasteiger partial charge < -0.3 is 5.11 Å². The summed E-state index contributed by atoms with van der Waals surface area (Å²) < 4.78 is 0. The summed E-state index contributed by atoms with van der Waals surface area (Å²) in [6.07, 6.45) is 9.55. The van der Waals surface area contributed by atoms with E-state index in [-0.39, 0.29) is 0 Å². The number of carbonyl (C=O) groups excluding carboxylic acids is 1. The van der Waals surface area contributed by atoms with E-state index in [1.54, 1.807) is 12.1 Å². The summed E-state index contributed by atoms with van der Waals surface area (Å²) in [6, 6.07) is 3.51. The molecule has 106 valence electrons. The number of aromatic hydroxyl groups is 1. The number of unbranched alkanes of at least 4 members (excludes halogenated alkanes) is 4. The van der Waals surface area contributed by atoms with E-state index in [0.29, 0.717) is 5.75 Å². The number of carbonyl (C=O) groups is 1. The highest BCUT2D eigenvalue weighted by molar-refractivity contribution is 5.80. The highest BCUT2D eigenvalue weighted by Gasteiger charge is 2.10. The van der Waals surface area contributed by atoms with E-state index in [4.69, 9.17) is 0 Å². The minimum atomic E-state index is 0.295. The van der Waals surface area contributed by atoms with Crippen LogP contribution in [0.5, 0.6) is 5.75 Å². The molecular weight excluding hydrogens is 236 g/mol. The molecule has 0 saturated carbocycles. The Bertz CT molecular complexity index is 365. The molecule has 1 aromatic carbocycles. The minimum Gasteiger partial charge on any atom is -0.508 e. The molecule has 0 aliphatic carbocycles. The van der Waals surface area contributed by atoms with E-state index in [1.165, 1.54) is 25.7 Å². The van der Waals surface area contributed by atoms with Crippen LogP contribution in [0.15, 0.2) is 12.1 Å². The quantitative estimate of drug-likeness (QED) is 0.518. The first kappa shape index (κ1) is 15.7. The van der Waals surface area contributed by atoms with E-state index >= 15 is 0 Å². The van der Waals surface area contributed by atoms with Gasteiger partial charge in [0.2, 0.25) is 0 Å². The molecule has 0 bridgehead atoms. The lowest BCUT2D eigenvalue weighted by atomic mass is 9.94. The Morgan fingerprint density at radius 1 is 0.947 bits per heavy atom. The number of hydrogen-bond acceptors (Lipinski definition) is 2. The van der Waals surface area contributed by atoms with Crippen molar-refractivity contribution in [3.05, 3.63) is 28.8 Å². The summed E-state index contributed by atoms with van der Waals surface area (Å²) >= 11 is 0. The number of rotatable bonds is 9. The summed E-state index contributed by atoms with van der Waals surface area (Å²) in [5.74, 6) is 0.295. The predicted octanol–water partition coefficient (Wildman–Crippen LogP) is 4.67. The number of aryl methyl sites for hydroxylation is 2. The number of hydrogen-bond donors (Lipinski definition) is 1. The van der Waals surface area contributed by atoms with Gasteiger partial charge in [-0.2, -0.15) is 0 Å². The SMILES string of the molecule is CCCCCc1cc(O)cc(CCCCC)c1C=O. The van der Waals surface area contributed by atoms with Crippen molar-refractivity contribution in [2.24, 2.45) is 0 Å². The van der Waals surface area contributed by atoms with Crippen LogP contribution in [0.2, 0.25) is 0 Å². The average Bonchev–Trinajstić information content (AvgIpc) is 2.39. The maximum absolute atomic E-state index is 11.3. The second-order valence-electron chi connectivity index (χ2n) is 5.21. The van der Waals surface area contributed by atoms with Gasteiger partial charge in [0, 0.05) is 5.56 Å². The predicted molar refractivity (Wildman–Crippen MR) is 80.0 cm³/mol. The van der Waals surface area contributed by atoms with Crippen LogP contribution in [0.3, 0.4) is 0 Å². The van der Waals surface area contributed by atoms with Gasteiger partial charge in [-0.15, -0.1) is 0 Å². The Morgan fingerprint density at radius 3 is 1.79 bits per heavy atom. The lowest BCUT2D eigenvalue weighted by Crippen LogP contribution is -2.00. The molecule has 2 heteroatoms. The van der Waals surface area contributed by atoms with Gasteiger partial charge in [0.1, 0.15) is 5.75 Å². The third-order valence-electron chi connectivity index (χ3n) is 3.55. The van der Waals surface area contributed by atoms with Crippen molar-refractivity contribution in [1.82, 2.24) is 0 Å². The van der Waals surface area contributed by atoms with E-state index in [1.807, 2.05) is 0 Å². The molecule has 0 unspecified atom stereocenters. The Kier molecular flexibility index (Phi) is 7.24. The molecule has 0 fully saturated rings. The molecule has 1 rings (SSSR count). The van der Waals surface area contributed by atoms with Crippen LogP contribution in [0.25, 0.3) is 0 Å². The fourth-order valence-corrected chi connectivity index (χ4v) is 2.46. The number of phenolic OH excluding ortho intramolecular Hbond substituents is 1. The summed E-state index contributed by atoms with van der Waals surface area (Å²) in [7, 11) is 0. The molecule has 0 radical (unpaired) electrons. The van der Waals surface area contributed by atoms with Crippen LogP contribution in [0.4, 0.5) is 0 Å². The zero-order valence-corrected chi connectivity index (χ0v) is 12.2. The molecular formula is C17H26O2. The average molecular weight is 262 g/mol. The second kappa shape index (κ2) is 8.73. The van der Waals surface area contributed by atoms with Gasteiger partial charge in [-0.05, 0) is 48.9 Å². The van der Waals surface area contributed by atoms with Crippen molar-refractivity contribution in [3.63, 3.8) is 0 Å². The molecule has 19 heavy (non-hydrogen) atoms. The highest BCUT2D eigenvalue weighted by atomic mass is 16.3. The maximum Gasteiger partial charge on any atom is 0.150 e. The molecule has 0 aliphatic rings. The van der Waals surface area contributed by atoms with E-state index in [9.17, 15) is 9.90 Å². The molecule has 0 heterocycles. The first-order chi connectivity index (χ1) is 9.22. The zero-order chi connectivity index (χ0) is 14.1. The van der Waals surface area contributed by atoms with Gasteiger partial charge in [0.15, 0.2) is 6.29 Å². The first-order valence-corrected chi connectivity index (χ1v) is 7.52. The molecule has 1 aromatic rings. The molecule has 2 nitrogen and oxygen atoms in total. The van der Waals surface area contributed by atoms with Crippen LogP contribution in [-0.4, -0.2) is 11.4 Å². The van der Waals surface area contributed by atoms with Gasteiger partial charge in [-0.3, -0.25) is 4.79 Å². The van der Waals surface area contributed by atoms with Crippen molar-refractivity contribution in [1.29, 1.82) is 0 Å². The monoisotopic (exact) mass is 262 g/mol. The molecule has 0 saturated heterocycles. The Balaban J connectivity index is 2.86. The lowest BCUT2D eigenvalue weighted by molar-refractivity contribution is 0.112. The van der Waals surface area contributed by atoms with Gasteiger partial charge in [0.25, 0.3) is 0 Å². The van der Waals surface area contributed by atoms with Crippen molar-refractivity contribution in [2.75, 3.05) is 0 Å². The highest BCUT2D eigenvalue weighted by Crippen LogP contribution is 2.24. The summed E-state index contributed by atoms with van der Waals surface area (Å²) in [5.41, 5.74) is 2.83. The third kappa shape index (κ3) is 5.06.